The molecule has 1 aromatic carbocycles. The van der Waals surface area contributed by atoms with Gasteiger partial charge in [0.1, 0.15) is 0 Å². The number of imide groups is 1. The Balaban J connectivity index is 1.56. The molecule has 1 aromatic rings. The first-order chi connectivity index (χ1) is 9.56. The summed E-state index contributed by atoms with van der Waals surface area (Å²) < 4.78 is 0. The fraction of sp³-hybridized carbons (Fsp3) is 0.467. The van der Waals surface area contributed by atoms with Crippen LogP contribution in [0.5, 0.6) is 0 Å². The normalized spacial score (nSPS) is 29.7. The summed E-state index contributed by atoms with van der Waals surface area (Å²) in [4.78, 5) is 24.5. The lowest BCUT2D eigenvalue weighted by atomic mass is 9.75. The molecule has 0 radical (unpaired) electrons. The van der Waals surface area contributed by atoms with E-state index in [0.717, 1.165) is 17.9 Å². The highest BCUT2D eigenvalue weighted by molar-refractivity contribution is 6.31. The number of nitrogens with zero attached hydrogens (tertiary/aromatic N) is 1. The van der Waals surface area contributed by atoms with Crippen LogP contribution in [-0.4, -0.2) is 35.8 Å². The first kappa shape index (κ1) is 13.6. The quantitative estimate of drug-likeness (QED) is 0.866. The highest BCUT2D eigenvalue weighted by atomic mass is 35.5. The Morgan fingerprint density at radius 3 is 2.55 bits per heavy atom. The second-order valence-corrected chi connectivity index (χ2v) is 6.01. The van der Waals surface area contributed by atoms with Gasteiger partial charge in [0.05, 0.1) is 12.5 Å². The zero-order valence-corrected chi connectivity index (χ0v) is 12.1. The molecule has 0 aromatic heterocycles. The van der Waals surface area contributed by atoms with Crippen molar-refractivity contribution in [2.75, 3.05) is 7.05 Å². The van der Waals surface area contributed by atoms with E-state index in [9.17, 15) is 9.59 Å². The van der Waals surface area contributed by atoms with Crippen LogP contribution < -0.4 is 5.32 Å². The molecule has 106 valence electrons. The van der Waals surface area contributed by atoms with E-state index in [1.54, 1.807) is 7.05 Å². The molecule has 4 nitrogen and oxygen atoms in total. The second kappa shape index (κ2) is 5.19. The predicted molar refractivity (Wildman–Crippen MR) is 76.5 cm³/mol. The van der Waals surface area contributed by atoms with Crippen molar-refractivity contribution >= 4 is 23.4 Å². The molecular weight excluding hydrogens is 276 g/mol. The van der Waals surface area contributed by atoms with E-state index in [0.29, 0.717) is 12.0 Å². The first-order valence-corrected chi connectivity index (χ1v) is 7.25. The molecule has 1 saturated heterocycles. The fourth-order valence-corrected chi connectivity index (χ4v) is 3.27. The summed E-state index contributed by atoms with van der Waals surface area (Å²) in [6.45, 7) is 0. The van der Waals surface area contributed by atoms with Crippen molar-refractivity contribution in [3.63, 3.8) is 0 Å². The number of hydrogen-bond donors (Lipinski definition) is 1. The molecule has 1 aliphatic carbocycles. The summed E-state index contributed by atoms with van der Waals surface area (Å²) in [7, 11) is 1.54. The van der Waals surface area contributed by atoms with E-state index < -0.39 is 0 Å². The van der Waals surface area contributed by atoms with Crippen molar-refractivity contribution in [3.05, 3.63) is 34.9 Å². The van der Waals surface area contributed by atoms with E-state index in [1.807, 2.05) is 18.2 Å². The monoisotopic (exact) mass is 292 g/mol. The molecule has 5 heteroatoms. The zero-order valence-electron chi connectivity index (χ0n) is 11.3. The SMILES string of the molecule is CN1C(=O)CC(NC2CC(c3ccccc3Cl)C2)C1=O. The van der Waals surface area contributed by atoms with Gasteiger partial charge in [-0.15, -0.1) is 0 Å². The van der Waals surface area contributed by atoms with Crippen LogP contribution in [0.1, 0.15) is 30.7 Å². The maximum Gasteiger partial charge on any atom is 0.246 e. The average molecular weight is 293 g/mol. The summed E-state index contributed by atoms with van der Waals surface area (Å²) in [5, 5.41) is 4.10. The molecule has 1 N–H and O–H groups in total. The van der Waals surface area contributed by atoms with Crippen LogP contribution in [-0.2, 0) is 9.59 Å². The lowest BCUT2D eigenvalue weighted by Crippen LogP contribution is -2.48. The minimum atomic E-state index is -0.343. The van der Waals surface area contributed by atoms with Crippen molar-refractivity contribution in [3.8, 4) is 0 Å². The number of benzene rings is 1. The molecule has 1 heterocycles. The number of halogens is 1. The zero-order chi connectivity index (χ0) is 14.3. The van der Waals surface area contributed by atoms with E-state index in [-0.39, 0.29) is 24.3 Å². The van der Waals surface area contributed by atoms with Crippen LogP contribution >= 0.6 is 11.6 Å². The van der Waals surface area contributed by atoms with Gasteiger partial charge in [0.15, 0.2) is 0 Å². The van der Waals surface area contributed by atoms with Crippen molar-refractivity contribution < 1.29 is 9.59 Å². The van der Waals surface area contributed by atoms with Crippen molar-refractivity contribution in [2.45, 2.75) is 37.3 Å². The minimum absolute atomic E-state index is 0.102. The maximum atomic E-state index is 11.8. The Bertz CT molecular complexity index is 555. The molecule has 0 bridgehead atoms. The Kier molecular flexibility index (Phi) is 3.52. The van der Waals surface area contributed by atoms with Gasteiger partial charge >= 0.3 is 0 Å². The van der Waals surface area contributed by atoms with Crippen LogP contribution in [0, 0.1) is 0 Å². The van der Waals surface area contributed by atoms with Gasteiger partial charge in [0.2, 0.25) is 11.8 Å². The van der Waals surface area contributed by atoms with E-state index >= 15 is 0 Å². The van der Waals surface area contributed by atoms with Gasteiger partial charge in [-0.25, -0.2) is 0 Å². The summed E-state index contributed by atoms with van der Waals surface area (Å²) in [6.07, 6.45) is 2.21. The number of hydrogen-bond acceptors (Lipinski definition) is 3. The van der Waals surface area contributed by atoms with Crippen LogP contribution in [0.4, 0.5) is 0 Å². The number of nitrogens with one attached hydrogen (secondary N) is 1. The lowest BCUT2D eigenvalue weighted by molar-refractivity contribution is -0.137. The molecular formula is C15H17ClN2O2. The molecule has 2 aliphatic rings. The Morgan fingerprint density at radius 1 is 1.25 bits per heavy atom. The van der Waals surface area contributed by atoms with Crippen molar-refractivity contribution in [1.29, 1.82) is 0 Å². The third kappa shape index (κ3) is 2.34. The summed E-state index contributed by atoms with van der Waals surface area (Å²) in [5.41, 5.74) is 1.18. The number of likely N-dealkylation sites (N-methyl/N-ethyl adjacent to an activating group) is 1. The molecule has 2 amide bonds. The van der Waals surface area contributed by atoms with E-state index in [1.165, 1.54) is 10.5 Å². The standard InChI is InChI=1S/C15H17ClN2O2/c1-18-14(19)8-13(15(18)20)17-10-6-9(7-10)11-4-2-3-5-12(11)16/h2-5,9-10,13,17H,6-8H2,1H3. The lowest BCUT2D eigenvalue weighted by Gasteiger charge is -2.38. The number of carbonyl (C=O) groups is 2. The van der Waals surface area contributed by atoms with Gasteiger partial charge in [-0.05, 0) is 30.4 Å². The summed E-state index contributed by atoms with van der Waals surface area (Å²) >= 11 is 6.19. The molecule has 1 unspecified atom stereocenters. The van der Waals surface area contributed by atoms with Crippen LogP contribution in [0.25, 0.3) is 0 Å². The van der Waals surface area contributed by atoms with Gasteiger partial charge in [0.25, 0.3) is 0 Å². The number of carbonyl (C=O) groups excluding carboxylic acids is 2. The maximum absolute atomic E-state index is 11.8. The Morgan fingerprint density at radius 2 is 1.95 bits per heavy atom. The third-order valence-electron chi connectivity index (χ3n) is 4.30. The molecule has 1 aliphatic heterocycles. The number of rotatable bonds is 3. The first-order valence-electron chi connectivity index (χ1n) is 6.87. The Hall–Kier alpha value is -1.39. The smallest absolute Gasteiger partial charge is 0.246 e. The summed E-state index contributed by atoms with van der Waals surface area (Å²) in [5.74, 6) is 0.233. The molecule has 20 heavy (non-hydrogen) atoms. The van der Waals surface area contributed by atoms with E-state index in [2.05, 4.69) is 11.4 Å². The number of likely N-dealkylation sites (tertiary alicyclic amines) is 1. The van der Waals surface area contributed by atoms with Gasteiger partial charge in [-0.2, -0.15) is 0 Å². The van der Waals surface area contributed by atoms with Crippen molar-refractivity contribution in [1.82, 2.24) is 10.2 Å². The van der Waals surface area contributed by atoms with Crippen LogP contribution in [0.15, 0.2) is 24.3 Å². The van der Waals surface area contributed by atoms with E-state index in [4.69, 9.17) is 11.6 Å². The highest BCUT2D eigenvalue weighted by Gasteiger charge is 2.40. The van der Waals surface area contributed by atoms with Gasteiger partial charge in [-0.1, -0.05) is 29.8 Å². The molecule has 3 rings (SSSR count). The highest BCUT2D eigenvalue weighted by Crippen LogP contribution is 2.40. The van der Waals surface area contributed by atoms with Gasteiger partial charge in [-0.3, -0.25) is 14.5 Å². The molecule has 2 fully saturated rings. The predicted octanol–water partition coefficient (Wildman–Crippen LogP) is 1.93. The molecule has 1 saturated carbocycles. The fourth-order valence-electron chi connectivity index (χ4n) is 2.98. The summed E-state index contributed by atoms with van der Waals surface area (Å²) in [6, 6.07) is 7.84. The average Bonchev–Trinajstić information content (AvgIpc) is 2.62. The second-order valence-electron chi connectivity index (χ2n) is 5.60. The van der Waals surface area contributed by atoms with Crippen LogP contribution in [0.3, 0.4) is 0 Å². The largest absolute Gasteiger partial charge is 0.303 e. The molecule has 1 atom stereocenters. The van der Waals surface area contributed by atoms with Gasteiger partial charge < -0.3 is 5.32 Å². The number of amides is 2. The Labute approximate surface area is 123 Å². The topological polar surface area (TPSA) is 49.4 Å². The van der Waals surface area contributed by atoms with Gasteiger partial charge in [0, 0.05) is 18.1 Å². The van der Waals surface area contributed by atoms with Crippen molar-refractivity contribution in [2.24, 2.45) is 0 Å². The third-order valence-corrected chi connectivity index (χ3v) is 4.65. The molecule has 0 spiro atoms. The minimum Gasteiger partial charge on any atom is -0.303 e. The van der Waals surface area contributed by atoms with Crippen LogP contribution in [0.2, 0.25) is 5.02 Å².